The molecule has 0 heterocycles. The molecule has 0 aliphatic heterocycles. The van der Waals surface area contributed by atoms with Crippen molar-refractivity contribution in [3.63, 3.8) is 0 Å². The monoisotopic (exact) mass is 460 g/mol. The number of hydrogen-bond donors (Lipinski definition) is 4. The molecule has 0 saturated heterocycles. The van der Waals surface area contributed by atoms with Crippen LogP contribution in [0.2, 0.25) is 0 Å². The van der Waals surface area contributed by atoms with E-state index in [1.54, 1.807) is 18.4 Å². The number of carbonyl (C=O) groups is 1. The zero-order valence-corrected chi connectivity index (χ0v) is 18.3. The van der Waals surface area contributed by atoms with Crippen molar-refractivity contribution < 1.29 is 4.79 Å². The summed E-state index contributed by atoms with van der Waals surface area (Å²) in [6, 6.07) is 5.55. The van der Waals surface area contributed by atoms with E-state index >= 15 is 0 Å². The first-order valence-corrected chi connectivity index (χ1v) is 10.1. The average Bonchev–Trinajstić information content (AvgIpc) is 2.70. The highest BCUT2D eigenvalue weighted by atomic mass is 79.9. The topological polar surface area (TPSA) is 91.3 Å². The number of thiol groups is 1. The molecule has 5 nitrogen and oxygen atoms in total. The molecule has 4 N–H and O–H groups in total. The fourth-order valence-electron chi connectivity index (χ4n) is 2.32. The Bertz CT molecular complexity index is 841. The number of nitrogens with one attached hydrogen (secondary N) is 2. The third-order valence-corrected chi connectivity index (χ3v) is 4.81. The molecule has 1 rings (SSSR count). The summed E-state index contributed by atoms with van der Waals surface area (Å²) in [4.78, 5) is 16.6. The highest BCUT2D eigenvalue weighted by molar-refractivity contribution is 9.10. The minimum atomic E-state index is -0.277. The molecule has 0 atom stereocenters. The highest BCUT2D eigenvalue weighted by Crippen LogP contribution is 2.23. The van der Waals surface area contributed by atoms with E-state index < -0.39 is 0 Å². The Balaban J connectivity index is 3.17. The van der Waals surface area contributed by atoms with Gasteiger partial charge in [0.05, 0.1) is 0 Å². The fraction of sp³-hybridized carbons (Fsp3) is 0.190. The van der Waals surface area contributed by atoms with E-state index in [0.29, 0.717) is 35.6 Å². The molecular formula is C21H25BrN4OS. The minimum absolute atomic E-state index is 0.277. The van der Waals surface area contributed by atoms with Gasteiger partial charge in [-0.2, -0.15) is 12.6 Å². The fourth-order valence-corrected chi connectivity index (χ4v) is 3.18. The van der Waals surface area contributed by atoms with Gasteiger partial charge in [0.15, 0.2) is 0 Å². The molecule has 0 bridgehead atoms. The maximum atomic E-state index is 12.4. The molecule has 148 valence electrons. The molecule has 0 saturated carbocycles. The number of anilines is 1. The molecule has 1 aromatic carbocycles. The summed E-state index contributed by atoms with van der Waals surface area (Å²) in [5.41, 5.74) is 9.33. The zero-order chi connectivity index (χ0) is 20.9. The lowest BCUT2D eigenvalue weighted by Gasteiger charge is -2.09. The smallest absolute Gasteiger partial charge is 0.248 e. The highest BCUT2D eigenvalue weighted by Gasteiger charge is 2.07. The van der Waals surface area contributed by atoms with Gasteiger partial charge in [-0.15, -0.1) is 6.58 Å². The van der Waals surface area contributed by atoms with Gasteiger partial charge in [-0.05, 0) is 54.3 Å². The third-order valence-electron chi connectivity index (χ3n) is 3.69. The predicted octanol–water partition coefficient (Wildman–Crippen LogP) is 4.83. The van der Waals surface area contributed by atoms with E-state index in [-0.39, 0.29) is 5.91 Å². The number of rotatable bonds is 10. The number of benzene rings is 1. The number of allylic oxidation sites excluding steroid dienone is 5. The van der Waals surface area contributed by atoms with Crippen LogP contribution < -0.4 is 11.1 Å². The summed E-state index contributed by atoms with van der Waals surface area (Å²) in [7, 11) is 0. The van der Waals surface area contributed by atoms with E-state index in [2.05, 4.69) is 45.4 Å². The number of aliphatic imine (C=N–C) groups is 1. The lowest BCUT2D eigenvalue weighted by atomic mass is 9.98. The SMILES string of the molecule is C=CCC(/C(C=N)=C/N)=C(\C=N/CC)/C=C/C(=O)Nc1ccc(Br)c(CS)c1. The standard InChI is InChI=1S/C21H25BrN4OS/c1-3-5-19(17(11-23)12-24)15(13-25-4-2)6-9-21(27)26-18-7-8-20(22)16(10-18)14-28/h3,6-13,23,28H,1,4-5,14,24H2,2H3,(H,26,27)/b9-6+,17-12+,19-15+,23-11?,25-13-. The van der Waals surface area contributed by atoms with Gasteiger partial charge in [0.1, 0.15) is 0 Å². The molecule has 7 heteroatoms. The number of halogens is 1. The Morgan fingerprint density at radius 3 is 2.75 bits per heavy atom. The van der Waals surface area contributed by atoms with E-state index in [0.717, 1.165) is 15.6 Å². The summed E-state index contributed by atoms with van der Waals surface area (Å²) < 4.78 is 0.943. The number of carbonyl (C=O) groups excluding carboxylic acids is 1. The van der Waals surface area contributed by atoms with Crippen LogP contribution in [0.15, 0.2) is 75.4 Å². The second kappa shape index (κ2) is 12.9. The maximum Gasteiger partial charge on any atom is 0.248 e. The molecule has 0 aliphatic carbocycles. The first-order valence-electron chi connectivity index (χ1n) is 8.65. The summed E-state index contributed by atoms with van der Waals surface area (Å²) >= 11 is 7.73. The van der Waals surface area contributed by atoms with Gasteiger partial charge in [-0.3, -0.25) is 9.79 Å². The van der Waals surface area contributed by atoms with Gasteiger partial charge in [0, 0.05) is 52.7 Å². The van der Waals surface area contributed by atoms with Gasteiger partial charge >= 0.3 is 0 Å². The molecule has 1 aromatic rings. The molecule has 0 spiro atoms. The van der Waals surface area contributed by atoms with Crippen molar-refractivity contribution in [3.8, 4) is 0 Å². The molecule has 1 amide bonds. The Labute approximate surface area is 180 Å². The van der Waals surface area contributed by atoms with Crippen molar-refractivity contribution in [3.05, 3.63) is 76.0 Å². The summed E-state index contributed by atoms with van der Waals surface area (Å²) in [6.45, 7) is 6.27. The van der Waals surface area contributed by atoms with Crippen LogP contribution in [0.3, 0.4) is 0 Å². The summed E-state index contributed by atoms with van der Waals surface area (Å²) in [5.74, 6) is 0.282. The Morgan fingerprint density at radius 1 is 1.43 bits per heavy atom. The van der Waals surface area contributed by atoms with Gasteiger partial charge in [-0.1, -0.05) is 22.0 Å². The van der Waals surface area contributed by atoms with E-state index in [1.165, 1.54) is 18.5 Å². The molecule has 0 fully saturated rings. The van der Waals surface area contributed by atoms with Gasteiger partial charge in [0.2, 0.25) is 5.91 Å². The van der Waals surface area contributed by atoms with Crippen molar-refractivity contribution in [2.24, 2.45) is 10.7 Å². The predicted molar refractivity (Wildman–Crippen MR) is 127 cm³/mol. The van der Waals surface area contributed by atoms with Crippen LogP contribution in [0.5, 0.6) is 0 Å². The Kier molecular flexibility index (Phi) is 10.9. The van der Waals surface area contributed by atoms with Crippen LogP contribution in [0.4, 0.5) is 5.69 Å². The van der Waals surface area contributed by atoms with Gasteiger partial charge in [0.25, 0.3) is 0 Å². The zero-order valence-electron chi connectivity index (χ0n) is 15.8. The Morgan fingerprint density at radius 2 is 2.18 bits per heavy atom. The van der Waals surface area contributed by atoms with Crippen LogP contribution in [0.25, 0.3) is 0 Å². The Hall–Kier alpha value is -2.38. The van der Waals surface area contributed by atoms with E-state index in [9.17, 15) is 4.79 Å². The summed E-state index contributed by atoms with van der Waals surface area (Å²) in [6.07, 6.45) is 9.52. The molecule has 0 radical (unpaired) electrons. The quantitative estimate of drug-likeness (QED) is 0.132. The van der Waals surface area contributed by atoms with Crippen molar-refractivity contribution >= 4 is 52.6 Å². The molecule has 0 aromatic heterocycles. The number of nitrogens with zero attached hydrogens (tertiary/aromatic N) is 1. The van der Waals surface area contributed by atoms with Crippen LogP contribution in [-0.4, -0.2) is 24.9 Å². The first kappa shape index (κ1) is 23.7. The number of amides is 1. The average molecular weight is 461 g/mol. The molecular weight excluding hydrogens is 436 g/mol. The number of nitrogens with two attached hydrogens (primary N) is 1. The molecule has 0 unspecified atom stereocenters. The normalized spacial score (nSPS) is 12.9. The van der Waals surface area contributed by atoms with Gasteiger partial charge in [-0.25, -0.2) is 0 Å². The lowest BCUT2D eigenvalue weighted by molar-refractivity contribution is -0.111. The van der Waals surface area contributed by atoms with Crippen molar-refractivity contribution in [1.82, 2.24) is 0 Å². The van der Waals surface area contributed by atoms with Crippen LogP contribution in [0.1, 0.15) is 18.9 Å². The van der Waals surface area contributed by atoms with Crippen LogP contribution >= 0.6 is 28.6 Å². The molecule has 28 heavy (non-hydrogen) atoms. The largest absolute Gasteiger partial charge is 0.404 e. The number of hydrogen-bond acceptors (Lipinski definition) is 5. The van der Waals surface area contributed by atoms with Crippen LogP contribution in [-0.2, 0) is 10.5 Å². The lowest BCUT2D eigenvalue weighted by Crippen LogP contribution is -2.08. The maximum absolute atomic E-state index is 12.4. The van der Waals surface area contributed by atoms with Gasteiger partial charge < -0.3 is 16.5 Å². The summed E-state index contributed by atoms with van der Waals surface area (Å²) in [5, 5.41) is 10.4. The minimum Gasteiger partial charge on any atom is -0.404 e. The van der Waals surface area contributed by atoms with Crippen molar-refractivity contribution in [2.45, 2.75) is 19.1 Å². The van der Waals surface area contributed by atoms with Crippen molar-refractivity contribution in [1.29, 1.82) is 5.41 Å². The van der Waals surface area contributed by atoms with E-state index in [1.807, 2.05) is 25.1 Å². The molecule has 0 aliphatic rings. The second-order valence-corrected chi connectivity index (χ2v) is 6.78. The third kappa shape index (κ3) is 7.32. The second-order valence-electron chi connectivity index (χ2n) is 5.61. The van der Waals surface area contributed by atoms with Crippen LogP contribution in [0, 0.1) is 5.41 Å². The first-order chi connectivity index (χ1) is 13.5. The van der Waals surface area contributed by atoms with E-state index in [4.69, 9.17) is 11.1 Å². The van der Waals surface area contributed by atoms with Crippen molar-refractivity contribution in [2.75, 3.05) is 11.9 Å².